The zero-order valence-electron chi connectivity index (χ0n) is 29.2. The number of aryl methyl sites for hydroxylation is 2. The summed E-state index contributed by atoms with van der Waals surface area (Å²) in [6.07, 6.45) is 37.5. The van der Waals surface area contributed by atoms with Gasteiger partial charge < -0.3 is 33.9 Å². The van der Waals surface area contributed by atoms with Gasteiger partial charge >= 0.3 is 19.5 Å². The number of hydrogen-bond acceptors (Lipinski definition) is 4. The molecule has 0 bridgehead atoms. The summed E-state index contributed by atoms with van der Waals surface area (Å²) in [5.74, 6) is 0.582. The SMILES string of the molecule is CCCCCCCCCCCCCCCCc1ccc(O[P+]([O-])([S-])[S-])cc1CCCCCCCCCCCCCCCC.[Zn+2]. The summed E-state index contributed by atoms with van der Waals surface area (Å²) in [6.45, 7) is 4.58. The topological polar surface area (TPSA) is 32.3 Å². The Kier molecular flexibility index (Phi) is 32.8. The van der Waals surface area contributed by atoms with Gasteiger partial charge in [0.15, 0.2) is 5.75 Å². The van der Waals surface area contributed by atoms with Crippen molar-refractivity contribution in [3.63, 3.8) is 0 Å². The van der Waals surface area contributed by atoms with Crippen molar-refractivity contribution in [3.05, 3.63) is 29.3 Å². The van der Waals surface area contributed by atoms with E-state index in [0.717, 1.165) is 12.8 Å². The molecular weight excluding hydrogens is 649 g/mol. The minimum atomic E-state index is -3.37. The number of hydrogen-bond donors (Lipinski definition) is 0. The molecule has 6 heteroatoms. The summed E-state index contributed by atoms with van der Waals surface area (Å²) in [5.41, 5.74) is 2.76. The second kappa shape index (κ2) is 32.3. The van der Waals surface area contributed by atoms with Crippen molar-refractivity contribution in [2.24, 2.45) is 0 Å². The summed E-state index contributed by atoms with van der Waals surface area (Å²) in [5, 5.41) is 0. The molecule has 0 amide bonds. The van der Waals surface area contributed by atoms with Crippen molar-refractivity contribution in [1.82, 2.24) is 0 Å². The molecule has 252 valence electrons. The van der Waals surface area contributed by atoms with Crippen LogP contribution in [0.1, 0.15) is 205 Å². The standard InChI is InChI=1S/C38H71O2PS2.Zn/c1-3-5-7-9-11-13-15-17-19-21-23-25-27-29-31-36-33-34-38(40-41(39,42)43)35-37(36)32-30-28-26-24-22-20-18-16-14-12-10-8-6-4-2;/h33-35H,3-32H2,1-2H3,(H2,39,42,43);/q;+2/p-2. The van der Waals surface area contributed by atoms with Crippen LogP contribution in [0.15, 0.2) is 18.2 Å². The van der Waals surface area contributed by atoms with Crippen LogP contribution in [0, 0.1) is 0 Å². The molecule has 1 aromatic rings. The van der Waals surface area contributed by atoms with Gasteiger partial charge in [-0.3, -0.25) is 0 Å². The van der Waals surface area contributed by atoms with Crippen molar-refractivity contribution in [3.8, 4) is 5.75 Å². The summed E-state index contributed by atoms with van der Waals surface area (Å²) >= 11 is 9.72. The van der Waals surface area contributed by atoms with Crippen LogP contribution in [-0.2, 0) is 56.8 Å². The number of benzene rings is 1. The zero-order chi connectivity index (χ0) is 31.3. The molecule has 0 saturated heterocycles. The fourth-order valence-corrected chi connectivity index (χ4v) is 7.17. The molecule has 0 aliphatic rings. The molecule has 0 radical (unpaired) electrons. The maximum absolute atomic E-state index is 11.9. The smallest absolute Gasteiger partial charge is 0.682 e. The minimum absolute atomic E-state index is 0. The second-order valence-corrected chi connectivity index (χ2v) is 17.8. The third-order valence-corrected chi connectivity index (χ3v) is 9.88. The zero-order valence-corrected chi connectivity index (χ0v) is 34.7. The van der Waals surface area contributed by atoms with Gasteiger partial charge in [-0.1, -0.05) is 187 Å². The predicted octanol–water partition coefficient (Wildman–Crippen LogP) is 13.2. The third kappa shape index (κ3) is 28.9. The van der Waals surface area contributed by atoms with Gasteiger partial charge in [0, 0.05) is 0 Å². The van der Waals surface area contributed by atoms with E-state index in [1.54, 1.807) is 0 Å². The van der Waals surface area contributed by atoms with Crippen molar-refractivity contribution < 1.29 is 28.9 Å². The van der Waals surface area contributed by atoms with Crippen LogP contribution >= 0.6 is 6.12 Å². The Morgan fingerprint density at radius 2 is 0.773 bits per heavy atom. The van der Waals surface area contributed by atoms with Gasteiger partial charge in [0.25, 0.3) is 0 Å². The summed E-state index contributed by atoms with van der Waals surface area (Å²) < 4.78 is 5.43. The van der Waals surface area contributed by atoms with Crippen molar-refractivity contribution >= 4 is 30.6 Å². The largest absolute Gasteiger partial charge is 2.00 e. The Labute approximate surface area is 299 Å². The number of rotatable bonds is 32. The van der Waals surface area contributed by atoms with Crippen molar-refractivity contribution in [1.29, 1.82) is 0 Å². The first-order chi connectivity index (χ1) is 21.0. The van der Waals surface area contributed by atoms with Crippen molar-refractivity contribution in [2.75, 3.05) is 0 Å². The van der Waals surface area contributed by atoms with E-state index in [9.17, 15) is 4.89 Å². The summed E-state index contributed by atoms with van der Waals surface area (Å²) in [6, 6.07) is 6.14. The van der Waals surface area contributed by atoms with Crippen LogP contribution in [0.25, 0.3) is 0 Å². The van der Waals surface area contributed by atoms with E-state index < -0.39 is 6.12 Å². The van der Waals surface area contributed by atoms with Crippen LogP contribution in [0.4, 0.5) is 0 Å². The molecule has 1 aromatic carbocycles. The predicted molar refractivity (Wildman–Crippen MR) is 197 cm³/mol. The molecule has 0 aromatic heterocycles. The molecule has 0 heterocycles. The molecule has 44 heavy (non-hydrogen) atoms. The van der Waals surface area contributed by atoms with Crippen molar-refractivity contribution in [2.45, 2.75) is 206 Å². The summed E-state index contributed by atoms with van der Waals surface area (Å²) in [7, 11) is 0. The molecule has 0 atom stereocenters. The third-order valence-electron chi connectivity index (χ3n) is 8.99. The normalized spacial score (nSPS) is 11.6. The monoisotopic (exact) mass is 716 g/mol. The maximum atomic E-state index is 11.9. The fraction of sp³-hybridized carbons (Fsp3) is 0.842. The molecular formula is C38H69O2PS2Zn. The number of unbranched alkanes of at least 4 members (excludes halogenated alkanes) is 26. The molecule has 0 unspecified atom stereocenters. The van der Waals surface area contributed by atoms with E-state index in [4.69, 9.17) is 29.0 Å². The van der Waals surface area contributed by atoms with Gasteiger partial charge in [-0.25, -0.2) is 0 Å². The van der Waals surface area contributed by atoms with Gasteiger partial charge in [0.1, 0.15) is 0 Å². The quantitative estimate of drug-likeness (QED) is 0.0321. The van der Waals surface area contributed by atoms with Crippen LogP contribution in [0.2, 0.25) is 0 Å². The fourth-order valence-electron chi connectivity index (χ4n) is 6.28. The van der Waals surface area contributed by atoms with Gasteiger partial charge in [0.2, 0.25) is 0 Å². The molecule has 2 nitrogen and oxygen atoms in total. The van der Waals surface area contributed by atoms with Crippen LogP contribution in [0.3, 0.4) is 0 Å². The molecule has 0 aliphatic heterocycles. The first kappa shape index (κ1) is 44.7. The molecule has 0 N–H and O–H groups in total. The first-order valence-corrected chi connectivity index (χ1v) is 22.4. The summed E-state index contributed by atoms with van der Waals surface area (Å²) in [4.78, 5) is 11.9. The van der Waals surface area contributed by atoms with Gasteiger partial charge in [-0.2, -0.15) is 0 Å². The molecule has 0 aliphatic carbocycles. The Balaban J connectivity index is 0.0000185. The van der Waals surface area contributed by atoms with E-state index in [2.05, 4.69) is 26.0 Å². The Hall–Kier alpha value is 0.733. The second-order valence-electron chi connectivity index (χ2n) is 13.2. The van der Waals surface area contributed by atoms with E-state index in [-0.39, 0.29) is 19.5 Å². The molecule has 0 spiro atoms. The Morgan fingerprint density at radius 3 is 1.09 bits per heavy atom. The van der Waals surface area contributed by atoms with Crippen LogP contribution in [-0.4, -0.2) is 0 Å². The minimum Gasteiger partial charge on any atom is -0.682 e. The maximum Gasteiger partial charge on any atom is 2.00 e. The van der Waals surface area contributed by atoms with Gasteiger partial charge in [-0.05, 0) is 48.9 Å². The van der Waals surface area contributed by atoms with E-state index in [1.807, 2.05) is 6.07 Å². The Morgan fingerprint density at radius 1 is 0.477 bits per heavy atom. The molecule has 0 fully saturated rings. The van der Waals surface area contributed by atoms with E-state index in [0.29, 0.717) is 5.75 Å². The van der Waals surface area contributed by atoms with E-state index >= 15 is 0 Å². The van der Waals surface area contributed by atoms with Gasteiger partial charge in [-0.15, -0.1) is 6.12 Å². The molecule has 0 saturated carbocycles. The van der Waals surface area contributed by atoms with Crippen LogP contribution in [0.5, 0.6) is 5.75 Å². The first-order valence-electron chi connectivity index (χ1n) is 18.8. The van der Waals surface area contributed by atoms with E-state index in [1.165, 1.54) is 191 Å². The van der Waals surface area contributed by atoms with Crippen LogP contribution < -0.4 is 9.42 Å². The average Bonchev–Trinajstić information content (AvgIpc) is 2.97. The average molecular weight is 718 g/mol. The molecule has 1 rings (SSSR count). The Bertz CT molecular complexity index is 744. The van der Waals surface area contributed by atoms with Gasteiger partial charge in [0.05, 0.1) is 0 Å².